The van der Waals surface area contributed by atoms with Gasteiger partial charge in [-0.05, 0) is 43.7 Å². The zero-order chi connectivity index (χ0) is 18.7. The van der Waals surface area contributed by atoms with Crippen molar-refractivity contribution in [2.45, 2.75) is 36.6 Å². The molecule has 1 aromatic carbocycles. The summed E-state index contributed by atoms with van der Waals surface area (Å²) in [5.74, 6) is -0.421. The number of thiazole rings is 1. The molecule has 26 heavy (non-hydrogen) atoms. The van der Waals surface area contributed by atoms with Gasteiger partial charge in [-0.25, -0.2) is 17.8 Å². The molecule has 4 N–H and O–H groups in total. The number of anilines is 2. The summed E-state index contributed by atoms with van der Waals surface area (Å²) < 4.78 is 41.3. The summed E-state index contributed by atoms with van der Waals surface area (Å²) >= 11 is 7.28. The summed E-state index contributed by atoms with van der Waals surface area (Å²) in [5.41, 5.74) is 6.28. The Labute approximate surface area is 161 Å². The first-order chi connectivity index (χ1) is 12.3. The Kier molecular flexibility index (Phi) is 6.01. The molecule has 1 aliphatic carbocycles. The lowest BCUT2D eigenvalue weighted by Crippen LogP contribution is -2.29. The van der Waals surface area contributed by atoms with E-state index in [2.05, 4.69) is 15.0 Å². The topological polar surface area (TPSA) is 97.1 Å². The predicted molar refractivity (Wildman–Crippen MR) is 103 cm³/mol. The van der Waals surface area contributed by atoms with E-state index in [4.69, 9.17) is 17.3 Å². The van der Waals surface area contributed by atoms with E-state index in [1.54, 1.807) is 5.38 Å². The zero-order valence-electron chi connectivity index (χ0n) is 13.9. The minimum absolute atomic E-state index is 0.151. The van der Waals surface area contributed by atoms with E-state index in [1.807, 2.05) is 0 Å². The number of nitrogens with zero attached hydrogens (tertiary/aromatic N) is 1. The molecule has 0 radical (unpaired) electrons. The third-order valence-electron chi connectivity index (χ3n) is 4.44. The molecule has 2 aromatic rings. The van der Waals surface area contributed by atoms with Gasteiger partial charge in [-0.2, -0.15) is 0 Å². The second-order valence-corrected chi connectivity index (χ2v) is 9.32. The fourth-order valence-electron chi connectivity index (χ4n) is 2.96. The zero-order valence-corrected chi connectivity index (χ0v) is 16.3. The van der Waals surface area contributed by atoms with E-state index in [0.717, 1.165) is 49.2 Å². The van der Waals surface area contributed by atoms with Crippen LogP contribution in [0.3, 0.4) is 0 Å². The monoisotopic (exact) mass is 418 g/mol. The smallest absolute Gasteiger partial charge is 0.266 e. The van der Waals surface area contributed by atoms with Gasteiger partial charge in [-0.1, -0.05) is 11.6 Å². The van der Waals surface area contributed by atoms with Gasteiger partial charge < -0.3 is 11.1 Å². The molecule has 1 saturated carbocycles. The van der Waals surface area contributed by atoms with Gasteiger partial charge in [0.1, 0.15) is 10.7 Å². The molecular formula is C16H20ClFN4O2S2. The van der Waals surface area contributed by atoms with E-state index in [-0.39, 0.29) is 16.2 Å². The van der Waals surface area contributed by atoms with Gasteiger partial charge in [-0.15, -0.1) is 11.3 Å². The average Bonchev–Trinajstić information content (AvgIpc) is 3.09. The van der Waals surface area contributed by atoms with Gasteiger partial charge in [0.2, 0.25) is 0 Å². The molecule has 0 aliphatic heterocycles. The largest absolute Gasteiger partial charge is 0.383 e. The number of hydrogen-bond acceptors (Lipinski definition) is 6. The molecule has 0 bridgehead atoms. The molecule has 1 fully saturated rings. The molecule has 0 amide bonds. The number of halogens is 2. The van der Waals surface area contributed by atoms with E-state index in [1.165, 1.54) is 6.20 Å². The van der Waals surface area contributed by atoms with Crippen LogP contribution in [-0.4, -0.2) is 26.0 Å². The summed E-state index contributed by atoms with van der Waals surface area (Å²) in [4.78, 5) is 3.33. The summed E-state index contributed by atoms with van der Waals surface area (Å²) in [6.45, 7) is 0.648. The first-order valence-electron chi connectivity index (χ1n) is 8.26. The van der Waals surface area contributed by atoms with Gasteiger partial charge >= 0.3 is 0 Å². The molecule has 142 valence electrons. The third-order valence-corrected chi connectivity index (χ3v) is 6.92. The minimum atomic E-state index is -4.10. The van der Waals surface area contributed by atoms with Crippen LogP contribution >= 0.6 is 22.9 Å². The SMILES string of the molecule is NC1CCC(CNc2cc(F)c(S(=O)(=O)Nc3nccs3)cc2Cl)CC1. The van der Waals surface area contributed by atoms with Crippen molar-refractivity contribution in [3.05, 3.63) is 34.5 Å². The predicted octanol–water partition coefficient (Wildman–Crippen LogP) is 3.67. The van der Waals surface area contributed by atoms with Crippen LogP contribution in [0.2, 0.25) is 5.02 Å². The minimum Gasteiger partial charge on any atom is -0.383 e. The van der Waals surface area contributed by atoms with Gasteiger partial charge in [0, 0.05) is 24.2 Å². The molecule has 6 nitrogen and oxygen atoms in total. The molecule has 1 aromatic heterocycles. The number of benzene rings is 1. The lowest BCUT2D eigenvalue weighted by atomic mass is 9.86. The molecule has 10 heteroatoms. The Balaban J connectivity index is 1.71. The van der Waals surface area contributed by atoms with Crippen molar-refractivity contribution in [2.75, 3.05) is 16.6 Å². The number of sulfonamides is 1. The van der Waals surface area contributed by atoms with E-state index in [9.17, 15) is 12.8 Å². The van der Waals surface area contributed by atoms with Crippen molar-refractivity contribution < 1.29 is 12.8 Å². The van der Waals surface area contributed by atoms with Crippen molar-refractivity contribution >= 4 is 43.8 Å². The summed E-state index contributed by atoms with van der Waals surface area (Å²) in [6, 6.07) is 2.50. The van der Waals surface area contributed by atoms with Crippen molar-refractivity contribution in [3.8, 4) is 0 Å². The molecule has 0 saturated heterocycles. The van der Waals surface area contributed by atoms with Crippen LogP contribution in [0.25, 0.3) is 0 Å². The van der Waals surface area contributed by atoms with Crippen LogP contribution in [0.4, 0.5) is 15.2 Å². The highest BCUT2D eigenvalue weighted by Gasteiger charge is 2.23. The van der Waals surface area contributed by atoms with E-state index in [0.29, 0.717) is 18.2 Å². The maximum absolute atomic E-state index is 14.4. The normalized spacial score (nSPS) is 20.7. The average molecular weight is 419 g/mol. The Hall–Kier alpha value is -1.42. The van der Waals surface area contributed by atoms with Crippen molar-refractivity contribution in [1.82, 2.24) is 4.98 Å². The van der Waals surface area contributed by atoms with Gasteiger partial charge in [-0.3, -0.25) is 4.72 Å². The standard InChI is InChI=1S/C16H20ClFN4O2S2/c17-12-7-15(26(23,24)22-16-20-5-6-25-16)13(18)8-14(12)21-9-10-1-3-11(19)4-2-10/h5-8,10-11,21H,1-4,9,19H2,(H,20,22). The number of aromatic nitrogens is 1. The quantitative estimate of drug-likeness (QED) is 0.665. The summed E-state index contributed by atoms with van der Waals surface area (Å²) in [6.07, 6.45) is 5.44. The molecule has 1 heterocycles. The Morgan fingerprint density at radius 1 is 1.31 bits per heavy atom. The van der Waals surface area contributed by atoms with Crippen molar-refractivity contribution in [3.63, 3.8) is 0 Å². The molecule has 3 rings (SSSR count). The number of rotatable bonds is 6. The van der Waals surface area contributed by atoms with Crippen LogP contribution in [0.15, 0.2) is 28.6 Å². The van der Waals surface area contributed by atoms with E-state index < -0.39 is 20.7 Å². The van der Waals surface area contributed by atoms with Crippen molar-refractivity contribution in [1.29, 1.82) is 0 Å². The van der Waals surface area contributed by atoms with Crippen molar-refractivity contribution in [2.24, 2.45) is 11.7 Å². The summed E-state index contributed by atoms with van der Waals surface area (Å²) in [5, 5.41) is 5.06. The Morgan fingerprint density at radius 2 is 2.04 bits per heavy atom. The second-order valence-electron chi connectivity index (χ2n) is 6.37. The maximum atomic E-state index is 14.4. The van der Waals surface area contributed by atoms with Crippen LogP contribution in [0.5, 0.6) is 0 Å². The van der Waals surface area contributed by atoms with Crippen LogP contribution in [0.1, 0.15) is 25.7 Å². The number of nitrogens with one attached hydrogen (secondary N) is 2. The molecule has 0 unspecified atom stereocenters. The third kappa shape index (κ3) is 4.64. The first kappa shape index (κ1) is 19.3. The van der Waals surface area contributed by atoms with E-state index >= 15 is 0 Å². The molecule has 0 spiro atoms. The highest BCUT2D eigenvalue weighted by Crippen LogP contribution is 2.31. The highest BCUT2D eigenvalue weighted by molar-refractivity contribution is 7.93. The fraction of sp³-hybridized carbons (Fsp3) is 0.438. The second kappa shape index (κ2) is 8.08. The highest BCUT2D eigenvalue weighted by atomic mass is 35.5. The maximum Gasteiger partial charge on any atom is 0.266 e. The molecule has 0 atom stereocenters. The van der Waals surface area contributed by atoms with Crippen LogP contribution in [0, 0.1) is 11.7 Å². The fourth-order valence-corrected chi connectivity index (χ4v) is 5.13. The van der Waals surface area contributed by atoms with Crippen LogP contribution < -0.4 is 15.8 Å². The van der Waals surface area contributed by atoms with Gasteiger partial charge in [0.05, 0.1) is 10.7 Å². The number of hydrogen-bond donors (Lipinski definition) is 3. The molecule has 1 aliphatic rings. The Bertz CT molecular complexity index is 853. The first-order valence-corrected chi connectivity index (χ1v) is 11.0. The Morgan fingerprint density at radius 3 is 2.69 bits per heavy atom. The number of nitrogens with two attached hydrogens (primary N) is 1. The lowest BCUT2D eigenvalue weighted by molar-refractivity contribution is 0.339. The molecular weight excluding hydrogens is 399 g/mol. The van der Waals surface area contributed by atoms with Crippen LogP contribution in [-0.2, 0) is 10.0 Å². The lowest BCUT2D eigenvalue weighted by Gasteiger charge is -2.26. The van der Waals surface area contributed by atoms with Gasteiger partial charge in [0.15, 0.2) is 5.13 Å². The summed E-state index contributed by atoms with van der Waals surface area (Å²) in [7, 11) is -4.10. The van der Waals surface area contributed by atoms with Gasteiger partial charge in [0.25, 0.3) is 10.0 Å².